The van der Waals surface area contributed by atoms with Gasteiger partial charge in [-0.25, -0.2) is 0 Å². The largest absolute Gasteiger partial charge is 0.368 e. The van der Waals surface area contributed by atoms with Gasteiger partial charge in [0.2, 0.25) is 0 Å². The summed E-state index contributed by atoms with van der Waals surface area (Å²) in [5.74, 6) is 0. The Kier molecular flexibility index (Phi) is 9.15. The van der Waals surface area contributed by atoms with Crippen molar-refractivity contribution in [2.24, 2.45) is 0 Å². The molecule has 1 N–H and O–H groups in total. The first-order valence-electron chi connectivity index (χ1n) is 1.48. The van der Waals surface area contributed by atoms with E-state index in [4.69, 9.17) is 5.11 Å². The summed E-state index contributed by atoms with van der Waals surface area (Å²) < 4.78 is 4.31. The van der Waals surface area contributed by atoms with E-state index < -0.39 is 6.29 Å². The van der Waals surface area contributed by atoms with Crippen LogP contribution in [0.5, 0.6) is 0 Å². The molecule has 1 unspecified atom stereocenters. The molecule has 0 rings (SSSR count). The summed E-state index contributed by atoms with van der Waals surface area (Å²) in [4.78, 5) is 0. The Bertz CT molecular complexity index is 22.8. The third-order valence-electron chi connectivity index (χ3n) is 0.341. The van der Waals surface area contributed by atoms with Crippen LogP contribution in [-0.4, -0.2) is 18.5 Å². The van der Waals surface area contributed by atoms with Crippen LogP contribution >= 0.6 is 0 Å². The molecule has 0 aromatic carbocycles. The van der Waals surface area contributed by atoms with Crippen molar-refractivity contribution in [3.8, 4) is 0 Å². The van der Waals surface area contributed by atoms with E-state index in [1.807, 2.05) is 0 Å². The molecule has 0 aliphatic heterocycles. The molecule has 0 amide bonds. The Balaban J connectivity index is 0. The van der Waals surface area contributed by atoms with Crippen molar-refractivity contribution in [2.45, 2.75) is 13.2 Å². The molecule has 0 aliphatic carbocycles. The molecule has 0 spiro atoms. The van der Waals surface area contributed by atoms with Crippen molar-refractivity contribution in [1.82, 2.24) is 0 Å². The minimum absolute atomic E-state index is 0. The van der Waals surface area contributed by atoms with E-state index in [-0.39, 0.29) is 21.1 Å². The van der Waals surface area contributed by atoms with Gasteiger partial charge in [-0.1, -0.05) is 0 Å². The van der Waals surface area contributed by atoms with Gasteiger partial charge in [-0.2, -0.15) is 0 Å². The molecular formula is C3H8O2W. The number of aliphatic hydroxyl groups is 1. The van der Waals surface area contributed by atoms with E-state index in [1.54, 1.807) is 6.92 Å². The van der Waals surface area contributed by atoms with Crippen LogP contribution in [0.25, 0.3) is 0 Å². The molecule has 0 fully saturated rings. The number of aliphatic hydroxyl groups excluding tert-OH is 1. The van der Waals surface area contributed by atoms with Gasteiger partial charge < -0.3 is 9.84 Å². The Morgan fingerprint density at radius 3 is 1.83 bits per heavy atom. The van der Waals surface area contributed by atoms with E-state index in [0.717, 1.165) is 0 Å². The first kappa shape index (κ1) is 9.79. The van der Waals surface area contributed by atoms with Crippen molar-refractivity contribution in [2.75, 3.05) is 7.11 Å². The first-order chi connectivity index (χ1) is 2.27. The van der Waals surface area contributed by atoms with Crippen LogP contribution in [0.4, 0.5) is 0 Å². The van der Waals surface area contributed by atoms with Crippen LogP contribution in [0.3, 0.4) is 0 Å². The molecule has 0 saturated heterocycles. The minimum Gasteiger partial charge on any atom is -0.368 e. The van der Waals surface area contributed by atoms with Gasteiger partial charge in [0, 0.05) is 28.2 Å². The molecule has 0 radical (unpaired) electrons. The van der Waals surface area contributed by atoms with E-state index in [1.165, 1.54) is 7.11 Å². The SMILES string of the molecule is COC(C)O.[W]. The molecule has 38 valence electrons. The van der Waals surface area contributed by atoms with Gasteiger partial charge >= 0.3 is 0 Å². The molecule has 3 heteroatoms. The maximum absolute atomic E-state index is 8.14. The van der Waals surface area contributed by atoms with E-state index in [9.17, 15) is 0 Å². The van der Waals surface area contributed by atoms with Gasteiger partial charge in [0.1, 0.15) is 0 Å². The zero-order valence-electron chi connectivity index (χ0n) is 3.84. The molecule has 0 heterocycles. The molecular weight excluding hydrogens is 252 g/mol. The number of hydrogen-bond acceptors (Lipinski definition) is 2. The second kappa shape index (κ2) is 5.61. The van der Waals surface area contributed by atoms with Gasteiger partial charge in [0.25, 0.3) is 0 Å². The maximum Gasteiger partial charge on any atom is 0.151 e. The van der Waals surface area contributed by atoms with E-state index in [2.05, 4.69) is 4.74 Å². The zero-order chi connectivity index (χ0) is 4.28. The van der Waals surface area contributed by atoms with Crippen LogP contribution in [0.15, 0.2) is 0 Å². The summed E-state index contributed by atoms with van der Waals surface area (Å²) in [7, 11) is 1.45. The zero-order valence-corrected chi connectivity index (χ0v) is 6.77. The number of hydrogen-bond donors (Lipinski definition) is 1. The average Bonchev–Trinajstić information content (AvgIpc) is 1.38. The summed E-state index contributed by atoms with van der Waals surface area (Å²) in [6.07, 6.45) is -0.616. The van der Waals surface area contributed by atoms with Crippen molar-refractivity contribution < 1.29 is 30.9 Å². The molecule has 6 heavy (non-hydrogen) atoms. The third-order valence-corrected chi connectivity index (χ3v) is 0.341. The van der Waals surface area contributed by atoms with Crippen LogP contribution in [-0.2, 0) is 25.8 Å². The monoisotopic (exact) mass is 260 g/mol. The number of methoxy groups -OCH3 is 1. The Morgan fingerprint density at radius 1 is 1.67 bits per heavy atom. The van der Waals surface area contributed by atoms with Crippen molar-refractivity contribution in [3.63, 3.8) is 0 Å². The fourth-order valence-corrected chi connectivity index (χ4v) is 0. The van der Waals surface area contributed by atoms with Crippen LogP contribution in [0.1, 0.15) is 6.92 Å². The summed E-state index contributed by atoms with van der Waals surface area (Å²) in [6.45, 7) is 1.56. The standard InChI is InChI=1S/C3H8O2.W/c1-3(4)5-2;/h3-4H,1-2H3;. The number of rotatable bonds is 1. The maximum atomic E-state index is 8.14. The summed E-state index contributed by atoms with van der Waals surface area (Å²) in [5, 5.41) is 8.14. The van der Waals surface area contributed by atoms with Crippen LogP contribution in [0, 0.1) is 0 Å². The third kappa shape index (κ3) is 8.82. The Labute approximate surface area is 51.8 Å². The minimum atomic E-state index is -0.616. The molecule has 2 nitrogen and oxygen atoms in total. The topological polar surface area (TPSA) is 29.5 Å². The van der Waals surface area contributed by atoms with E-state index >= 15 is 0 Å². The van der Waals surface area contributed by atoms with Crippen LogP contribution < -0.4 is 0 Å². The van der Waals surface area contributed by atoms with Gasteiger partial charge in [-0.15, -0.1) is 0 Å². The Morgan fingerprint density at radius 2 is 1.83 bits per heavy atom. The van der Waals surface area contributed by atoms with Gasteiger partial charge in [-0.3, -0.25) is 0 Å². The normalized spacial score (nSPS) is 12.5. The van der Waals surface area contributed by atoms with Crippen molar-refractivity contribution in [1.29, 1.82) is 0 Å². The second-order valence-corrected chi connectivity index (χ2v) is 0.835. The molecule has 0 aliphatic rings. The predicted molar refractivity (Wildman–Crippen MR) is 18.7 cm³/mol. The van der Waals surface area contributed by atoms with Crippen molar-refractivity contribution in [3.05, 3.63) is 0 Å². The molecule has 1 atom stereocenters. The molecule has 0 saturated carbocycles. The summed E-state index contributed by atoms with van der Waals surface area (Å²) in [5.41, 5.74) is 0. The fraction of sp³-hybridized carbons (Fsp3) is 1.00. The molecule has 0 aromatic rings. The van der Waals surface area contributed by atoms with Gasteiger partial charge in [0.15, 0.2) is 6.29 Å². The van der Waals surface area contributed by atoms with Gasteiger partial charge in [-0.05, 0) is 6.92 Å². The molecule has 0 bridgehead atoms. The first-order valence-corrected chi connectivity index (χ1v) is 1.48. The summed E-state index contributed by atoms with van der Waals surface area (Å²) in [6, 6.07) is 0. The van der Waals surface area contributed by atoms with E-state index in [0.29, 0.717) is 0 Å². The second-order valence-electron chi connectivity index (χ2n) is 0.835. The van der Waals surface area contributed by atoms with Crippen molar-refractivity contribution >= 4 is 0 Å². The smallest absolute Gasteiger partial charge is 0.151 e. The van der Waals surface area contributed by atoms with Crippen LogP contribution in [0.2, 0.25) is 0 Å². The van der Waals surface area contributed by atoms with Gasteiger partial charge in [0.05, 0.1) is 0 Å². The Hall–Kier alpha value is 0.608. The average molecular weight is 260 g/mol. The number of ether oxygens (including phenoxy) is 1. The molecule has 0 aromatic heterocycles. The fourth-order valence-electron chi connectivity index (χ4n) is 0. The summed E-state index contributed by atoms with van der Waals surface area (Å²) >= 11 is 0. The quantitative estimate of drug-likeness (QED) is 0.671. The predicted octanol–water partition coefficient (Wildman–Crippen LogP) is -0.0314.